The van der Waals surface area contributed by atoms with Gasteiger partial charge in [0.05, 0.1) is 0 Å². The number of benzene rings is 1. The number of ether oxygens (including phenoxy) is 1. The predicted molar refractivity (Wildman–Crippen MR) is 106 cm³/mol. The van der Waals surface area contributed by atoms with E-state index in [1.165, 1.54) is 23.7 Å². The Kier molecular flexibility index (Phi) is 5.39. The van der Waals surface area contributed by atoms with E-state index in [1.54, 1.807) is 13.0 Å². The number of aryl methyl sites for hydroxylation is 1. The molecule has 0 bridgehead atoms. The predicted octanol–water partition coefficient (Wildman–Crippen LogP) is 3.07. The lowest BCUT2D eigenvalue weighted by atomic mass is 9.85. The molecule has 0 spiro atoms. The highest BCUT2D eigenvalue weighted by Crippen LogP contribution is 2.32. The van der Waals surface area contributed by atoms with Gasteiger partial charge in [-0.3, -0.25) is 4.79 Å². The Labute approximate surface area is 164 Å². The molecule has 3 rings (SSSR count). The van der Waals surface area contributed by atoms with E-state index in [-0.39, 0.29) is 11.3 Å². The van der Waals surface area contributed by atoms with Gasteiger partial charge in [0.25, 0.3) is 5.91 Å². The van der Waals surface area contributed by atoms with Gasteiger partial charge in [-0.25, -0.2) is 19.6 Å². The fraction of sp³-hybridized carbons (Fsp3) is 0.350. The average molecular weight is 380 g/mol. The molecule has 2 aromatic heterocycles. The Bertz CT molecular complexity index is 963. The number of aromatic nitrogens is 5. The quantitative estimate of drug-likeness (QED) is 0.731. The number of rotatable bonds is 5. The van der Waals surface area contributed by atoms with E-state index in [4.69, 9.17) is 4.74 Å². The minimum absolute atomic E-state index is 0.100. The van der Waals surface area contributed by atoms with E-state index < -0.39 is 6.10 Å². The Balaban J connectivity index is 1.73. The van der Waals surface area contributed by atoms with Crippen LogP contribution in [0.25, 0.3) is 5.82 Å². The van der Waals surface area contributed by atoms with Crippen molar-refractivity contribution in [3.63, 3.8) is 0 Å². The lowest BCUT2D eigenvalue weighted by Gasteiger charge is -2.25. The summed E-state index contributed by atoms with van der Waals surface area (Å²) in [4.78, 5) is 24.7. The number of carbonyl (C=O) groups is 1. The molecule has 0 aliphatic carbocycles. The number of nitrogens with one attached hydrogen (secondary N) is 1. The summed E-state index contributed by atoms with van der Waals surface area (Å²) in [6.45, 7) is 10.1. The molecular weight excluding hydrogens is 356 g/mol. The highest BCUT2D eigenvalue weighted by molar-refractivity contribution is 5.93. The fourth-order valence-corrected chi connectivity index (χ4v) is 2.67. The molecule has 1 unspecified atom stereocenters. The van der Waals surface area contributed by atoms with E-state index in [0.717, 1.165) is 11.1 Å². The van der Waals surface area contributed by atoms with Crippen LogP contribution >= 0.6 is 0 Å². The molecule has 146 valence electrons. The Morgan fingerprint density at radius 1 is 1.18 bits per heavy atom. The molecule has 0 saturated carbocycles. The molecule has 1 aromatic carbocycles. The van der Waals surface area contributed by atoms with Crippen LogP contribution in [-0.4, -0.2) is 36.7 Å². The molecule has 28 heavy (non-hydrogen) atoms. The third-order valence-corrected chi connectivity index (χ3v) is 4.17. The average Bonchev–Trinajstić information content (AvgIpc) is 3.17. The Morgan fingerprint density at radius 2 is 1.96 bits per heavy atom. The van der Waals surface area contributed by atoms with Crippen molar-refractivity contribution >= 4 is 11.7 Å². The van der Waals surface area contributed by atoms with E-state index in [9.17, 15) is 4.79 Å². The van der Waals surface area contributed by atoms with Crippen molar-refractivity contribution in [2.45, 2.75) is 46.1 Å². The van der Waals surface area contributed by atoms with Gasteiger partial charge in [0, 0.05) is 6.07 Å². The topological polar surface area (TPSA) is 94.8 Å². The molecule has 8 nitrogen and oxygen atoms in total. The van der Waals surface area contributed by atoms with Crippen LogP contribution in [0.15, 0.2) is 43.2 Å². The second-order valence-electron chi connectivity index (χ2n) is 7.60. The van der Waals surface area contributed by atoms with Crippen molar-refractivity contribution in [1.82, 2.24) is 24.7 Å². The smallest absolute Gasteiger partial charge is 0.266 e. The zero-order valence-electron chi connectivity index (χ0n) is 16.7. The number of anilines is 1. The number of carbonyl (C=O) groups excluding carboxylic acids is 1. The number of nitrogens with zero attached hydrogens (tertiary/aromatic N) is 5. The molecule has 0 fully saturated rings. The van der Waals surface area contributed by atoms with Gasteiger partial charge in [0.1, 0.15) is 30.5 Å². The highest BCUT2D eigenvalue weighted by Gasteiger charge is 2.23. The maximum atomic E-state index is 12.6. The summed E-state index contributed by atoms with van der Waals surface area (Å²) in [5.41, 5.74) is 2.11. The van der Waals surface area contributed by atoms with Gasteiger partial charge in [-0.2, -0.15) is 5.10 Å². The normalized spacial score (nSPS) is 12.5. The van der Waals surface area contributed by atoms with Crippen molar-refractivity contribution in [2.75, 3.05) is 5.32 Å². The van der Waals surface area contributed by atoms with Crippen LogP contribution in [0.2, 0.25) is 0 Å². The monoisotopic (exact) mass is 380 g/mol. The van der Waals surface area contributed by atoms with Crippen molar-refractivity contribution in [2.24, 2.45) is 0 Å². The molecule has 0 saturated heterocycles. The second-order valence-corrected chi connectivity index (χ2v) is 7.60. The summed E-state index contributed by atoms with van der Waals surface area (Å²) in [6.07, 6.45) is 3.58. The highest BCUT2D eigenvalue weighted by atomic mass is 16.5. The standard InChI is InChI=1S/C20H24N6O2/c1-13-6-7-16(15(8-13)20(3,4)5)28-14(2)19(27)25-17-9-18(23-11-22-17)26-12-21-10-24-26/h6-12,14H,1-5H3,(H,22,23,25,27). The van der Waals surface area contributed by atoms with Crippen LogP contribution in [-0.2, 0) is 10.2 Å². The molecule has 1 N–H and O–H groups in total. The molecule has 1 atom stereocenters. The van der Waals surface area contributed by atoms with Crippen LogP contribution in [0.1, 0.15) is 38.8 Å². The first-order valence-corrected chi connectivity index (χ1v) is 9.00. The lowest BCUT2D eigenvalue weighted by molar-refractivity contribution is -0.122. The maximum Gasteiger partial charge on any atom is 0.266 e. The van der Waals surface area contributed by atoms with Crippen LogP contribution in [0.5, 0.6) is 5.75 Å². The molecule has 8 heteroatoms. The van der Waals surface area contributed by atoms with Crippen molar-refractivity contribution < 1.29 is 9.53 Å². The summed E-state index contributed by atoms with van der Waals surface area (Å²) < 4.78 is 7.47. The van der Waals surface area contributed by atoms with Gasteiger partial charge in [0.2, 0.25) is 0 Å². The van der Waals surface area contributed by atoms with Gasteiger partial charge in [0.15, 0.2) is 11.9 Å². The van der Waals surface area contributed by atoms with Gasteiger partial charge >= 0.3 is 0 Å². The first kappa shape index (κ1) is 19.5. The van der Waals surface area contributed by atoms with Crippen LogP contribution in [0.4, 0.5) is 5.82 Å². The summed E-state index contributed by atoms with van der Waals surface area (Å²) >= 11 is 0. The number of hydrogen-bond acceptors (Lipinski definition) is 6. The zero-order chi connectivity index (χ0) is 20.3. The summed E-state index contributed by atoms with van der Waals surface area (Å²) in [6, 6.07) is 7.59. The first-order valence-electron chi connectivity index (χ1n) is 9.00. The third-order valence-electron chi connectivity index (χ3n) is 4.17. The fourth-order valence-electron chi connectivity index (χ4n) is 2.67. The largest absolute Gasteiger partial charge is 0.481 e. The summed E-state index contributed by atoms with van der Waals surface area (Å²) in [5, 5.41) is 6.77. The number of amides is 1. The second kappa shape index (κ2) is 7.75. The summed E-state index contributed by atoms with van der Waals surface area (Å²) in [5.74, 6) is 1.27. The molecule has 0 aliphatic heterocycles. The van der Waals surface area contributed by atoms with Crippen molar-refractivity contribution in [1.29, 1.82) is 0 Å². The molecule has 0 radical (unpaired) electrons. The van der Waals surface area contributed by atoms with Crippen LogP contribution in [0.3, 0.4) is 0 Å². The molecule has 0 aliphatic rings. The van der Waals surface area contributed by atoms with Gasteiger partial charge < -0.3 is 10.1 Å². The molecule has 1 amide bonds. The lowest BCUT2D eigenvalue weighted by Crippen LogP contribution is -2.31. The van der Waals surface area contributed by atoms with Crippen molar-refractivity contribution in [3.05, 3.63) is 54.4 Å². The molecule has 2 heterocycles. The van der Waals surface area contributed by atoms with Gasteiger partial charge in [-0.15, -0.1) is 0 Å². The zero-order valence-corrected chi connectivity index (χ0v) is 16.7. The third kappa shape index (κ3) is 4.51. The molecule has 3 aromatic rings. The number of hydrogen-bond donors (Lipinski definition) is 1. The summed E-state index contributed by atoms with van der Waals surface area (Å²) in [7, 11) is 0. The first-order chi connectivity index (χ1) is 13.2. The van der Waals surface area contributed by atoms with Crippen LogP contribution in [0, 0.1) is 6.92 Å². The minimum Gasteiger partial charge on any atom is -0.481 e. The Morgan fingerprint density at radius 3 is 2.64 bits per heavy atom. The van der Waals surface area contributed by atoms with E-state index in [1.807, 2.05) is 19.1 Å². The van der Waals surface area contributed by atoms with Gasteiger partial charge in [-0.1, -0.05) is 38.5 Å². The SMILES string of the molecule is Cc1ccc(OC(C)C(=O)Nc2cc(-n3cncn3)ncn2)c(C(C)(C)C)c1. The van der Waals surface area contributed by atoms with E-state index in [0.29, 0.717) is 17.4 Å². The minimum atomic E-state index is -0.700. The van der Waals surface area contributed by atoms with E-state index in [2.05, 4.69) is 52.2 Å². The maximum absolute atomic E-state index is 12.6. The molecular formula is C20H24N6O2. The van der Waals surface area contributed by atoms with Crippen molar-refractivity contribution in [3.8, 4) is 11.6 Å². The van der Waals surface area contributed by atoms with Crippen LogP contribution < -0.4 is 10.1 Å². The van der Waals surface area contributed by atoms with E-state index >= 15 is 0 Å². The van der Waals surface area contributed by atoms with Gasteiger partial charge in [-0.05, 0) is 30.9 Å². The Hall–Kier alpha value is -3.29.